The van der Waals surface area contributed by atoms with E-state index in [4.69, 9.17) is 10.5 Å². The summed E-state index contributed by atoms with van der Waals surface area (Å²) in [6.45, 7) is 3.03. The minimum absolute atomic E-state index is 0.0372. The first-order valence-electron chi connectivity index (χ1n) is 5.11. The molecule has 1 saturated carbocycles. The lowest BCUT2D eigenvalue weighted by Gasteiger charge is -2.51. The maximum absolute atomic E-state index is 6.13. The molecule has 0 aromatic carbocycles. The second-order valence-corrected chi connectivity index (χ2v) is 4.58. The van der Waals surface area contributed by atoms with Gasteiger partial charge in [0, 0.05) is 5.54 Å². The molecular formula is C10H19NO. The van der Waals surface area contributed by atoms with Crippen molar-refractivity contribution in [2.45, 2.75) is 56.6 Å². The first-order valence-corrected chi connectivity index (χ1v) is 5.11. The third-order valence-electron chi connectivity index (χ3n) is 3.53. The Morgan fingerprint density at radius 2 is 1.92 bits per heavy atom. The number of hydrogen-bond donors (Lipinski definition) is 1. The predicted molar refractivity (Wildman–Crippen MR) is 49.0 cm³/mol. The van der Waals surface area contributed by atoms with E-state index in [-0.39, 0.29) is 11.1 Å². The Labute approximate surface area is 74.5 Å². The SMILES string of the molecule is CCCC12CCC(N)(CC1)CO2. The number of hydrogen-bond acceptors (Lipinski definition) is 2. The first-order chi connectivity index (χ1) is 5.68. The van der Waals surface area contributed by atoms with E-state index in [0.29, 0.717) is 0 Å². The fourth-order valence-corrected chi connectivity index (χ4v) is 2.57. The van der Waals surface area contributed by atoms with Crippen LogP contribution in [0.15, 0.2) is 0 Å². The minimum Gasteiger partial charge on any atom is -0.373 e. The molecule has 2 saturated heterocycles. The maximum Gasteiger partial charge on any atom is 0.0684 e. The molecule has 2 bridgehead atoms. The third-order valence-corrected chi connectivity index (χ3v) is 3.53. The van der Waals surface area contributed by atoms with Crippen LogP contribution in [0.1, 0.15) is 45.4 Å². The molecule has 0 spiro atoms. The first kappa shape index (κ1) is 8.52. The predicted octanol–water partition coefficient (Wildman–Crippen LogP) is 1.83. The molecule has 0 radical (unpaired) electrons. The quantitative estimate of drug-likeness (QED) is 0.684. The third kappa shape index (κ3) is 1.27. The van der Waals surface area contributed by atoms with Crippen molar-refractivity contribution >= 4 is 0 Å². The van der Waals surface area contributed by atoms with Gasteiger partial charge in [-0.1, -0.05) is 13.3 Å². The van der Waals surface area contributed by atoms with E-state index in [1.165, 1.54) is 38.5 Å². The van der Waals surface area contributed by atoms with Crippen LogP contribution in [0.3, 0.4) is 0 Å². The van der Waals surface area contributed by atoms with Gasteiger partial charge in [-0.15, -0.1) is 0 Å². The Morgan fingerprint density at radius 1 is 1.25 bits per heavy atom. The topological polar surface area (TPSA) is 35.2 Å². The zero-order chi connectivity index (χ0) is 8.66. The summed E-state index contributed by atoms with van der Waals surface area (Å²) in [7, 11) is 0. The van der Waals surface area contributed by atoms with Gasteiger partial charge in [0.15, 0.2) is 0 Å². The van der Waals surface area contributed by atoms with Crippen LogP contribution in [0.4, 0.5) is 0 Å². The van der Waals surface area contributed by atoms with Crippen molar-refractivity contribution in [3.63, 3.8) is 0 Å². The summed E-state index contributed by atoms with van der Waals surface area (Å²) in [5, 5.41) is 0. The van der Waals surface area contributed by atoms with E-state index >= 15 is 0 Å². The van der Waals surface area contributed by atoms with E-state index < -0.39 is 0 Å². The molecule has 2 aliphatic heterocycles. The van der Waals surface area contributed by atoms with Gasteiger partial charge in [0.1, 0.15) is 0 Å². The number of fused-ring (bicyclic) bond motifs is 3. The molecule has 3 fully saturated rings. The maximum atomic E-state index is 6.13. The lowest BCUT2D eigenvalue weighted by atomic mass is 9.70. The second kappa shape index (κ2) is 2.71. The summed E-state index contributed by atoms with van der Waals surface area (Å²) < 4.78 is 5.88. The molecule has 0 unspecified atom stereocenters. The van der Waals surface area contributed by atoms with E-state index in [1.807, 2.05) is 0 Å². The minimum atomic E-state index is 0.0372. The molecule has 2 heteroatoms. The summed E-state index contributed by atoms with van der Waals surface area (Å²) in [4.78, 5) is 0. The number of rotatable bonds is 2. The van der Waals surface area contributed by atoms with Gasteiger partial charge in [-0.3, -0.25) is 0 Å². The number of nitrogens with two attached hydrogens (primary N) is 1. The highest BCUT2D eigenvalue weighted by Crippen LogP contribution is 2.44. The van der Waals surface area contributed by atoms with Gasteiger partial charge in [-0.05, 0) is 32.1 Å². The van der Waals surface area contributed by atoms with Crippen molar-refractivity contribution < 1.29 is 4.74 Å². The Balaban J connectivity index is 2.04. The highest BCUT2D eigenvalue weighted by Gasteiger charge is 2.46. The molecule has 70 valence electrons. The van der Waals surface area contributed by atoms with Crippen LogP contribution in [0.5, 0.6) is 0 Å². The summed E-state index contributed by atoms with van der Waals surface area (Å²) in [6, 6.07) is 0. The zero-order valence-electron chi connectivity index (χ0n) is 7.94. The van der Waals surface area contributed by atoms with Crippen LogP contribution in [0, 0.1) is 0 Å². The summed E-state index contributed by atoms with van der Waals surface area (Å²) in [5.74, 6) is 0. The molecule has 2 N–H and O–H groups in total. The normalized spacial score (nSPS) is 46.5. The van der Waals surface area contributed by atoms with Crippen molar-refractivity contribution in [2.24, 2.45) is 5.73 Å². The van der Waals surface area contributed by atoms with Gasteiger partial charge >= 0.3 is 0 Å². The van der Waals surface area contributed by atoms with Crippen LogP contribution in [-0.4, -0.2) is 17.7 Å². The molecule has 3 aliphatic rings. The monoisotopic (exact) mass is 169 g/mol. The summed E-state index contributed by atoms with van der Waals surface area (Å²) in [5.41, 5.74) is 6.40. The standard InChI is InChI=1S/C10H19NO/c1-2-3-10-6-4-9(11,5-7-10)8-12-10/h2-8,11H2,1H3. The smallest absolute Gasteiger partial charge is 0.0684 e. The molecule has 0 amide bonds. The van der Waals surface area contributed by atoms with Crippen LogP contribution in [0.25, 0.3) is 0 Å². The second-order valence-electron chi connectivity index (χ2n) is 4.58. The van der Waals surface area contributed by atoms with Crippen LogP contribution in [0.2, 0.25) is 0 Å². The van der Waals surface area contributed by atoms with E-state index in [1.54, 1.807) is 0 Å². The van der Waals surface area contributed by atoms with Gasteiger partial charge in [0.2, 0.25) is 0 Å². The molecule has 0 atom stereocenters. The Hall–Kier alpha value is -0.0800. The summed E-state index contributed by atoms with van der Waals surface area (Å²) >= 11 is 0. The molecule has 12 heavy (non-hydrogen) atoms. The molecule has 0 aromatic heterocycles. The largest absolute Gasteiger partial charge is 0.373 e. The van der Waals surface area contributed by atoms with E-state index in [2.05, 4.69) is 6.92 Å². The Kier molecular flexibility index (Phi) is 1.92. The van der Waals surface area contributed by atoms with E-state index in [9.17, 15) is 0 Å². The van der Waals surface area contributed by atoms with Crippen molar-refractivity contribution in [1.29, 1.82) is 0 Å². The molecule has 3 rings (SSSR count). The van der Waals surface area contributed by atoms with Gasteiger partial charge in [0.05, 0.1) is 12.2 Å². The fourth-order valence-electron chi connectivity index (χ4n) is 2.57. The van der Waals surface area contributed by atoms with Gasteiger partial charge in [-0.2, -0.15) is 0 Å². The fraction of sp³-hybridized carbons (Fsp3) is 1.00. The average Bonchev–Trinajstić information content (AvgIpc) is 2.08. The van der Waals surface area contributed by atoms with Crippen molar-refractivity contribution in [1.82, 2.24) is 0 Å². The zero-order valence-corrected chi connectivity index (χ0v) is 7.94. The molecule has 2 heterocycles. The van der Waals surface area contributed by atoms with Gasteiger partial charge < -0.3 is 10.5 Å². The average molecular weight is 169 g/mol. The highest BCUT2D eigenvalue weighted by atomic mass is 16.5. The van der Waals surface area contributed by atoms with Crippen molar-refractivity contribution in [3.8, 4) is 0 Å². The molecule has 2 nitrogen and oxygen atoms in total. The van der Waals surface area contributed by atoms with Gasteiger partial charge in [-0.25, -0.2) is 0 Å². The van der Waals surface area contributed by atoms with Gasteiger partial charge in [0.25, 0.3) is 0 Å². The van der Waals surface area contributed by atoms with Crippen LogP contribution in [-0.2, 0) is 4.74 Å². The Morgan fingerprint density at radius 3 is 2.33 bits per heavy atom. The molecule has 1 aliphatic carbocycles. The lowest BCUT2D eigenvalue weighted by Crippen LogP contribution is -2.59. The molecular weight excluding hydrogens is 150 g/mol. The van der Waals surface area contributed by atoms with Crippen molar-refractivity contribution in [2.75, 3.05) is 6.61 Å². The molecule has 0 aromatic rings. The van der Waals surface area contributed by atoms with E-state index in [0.717, 1.165) is 6.61 Å². The number of ether oxygens (including phenoxy) is 1. The van der Waals surface area contributed by atoms with Crippen LogP contribution >= 0.6 is 0 Å². The lowest BCUT2D eigenvalue weighted by molar-refractivity contribution is -0.156. The van der Waals surface area contributed by atoms with Crippen LogP contribution < -0.4 is 5.73 Å². The van der Waals surface area contributed by atoms with Crippen molar-refractivity contribution in [3.05, 3.63) is 0 Å². The summed E-state index contributed by atoms with van der Waals surface area (Å²) in [6.07, 6.45) is 7.19. The highest BCUT2D eigenvalue weighted by molar-refractivity contribution is 5.02. The Bertz CT molecular complexity index is 154.